The van der Waals surface area contributed by atoms with Crippen LogP contribution in [0.3, 0.4) is 0 Å². The number of rotatable bonds is 41. The summed E-state index contributed by atoms with van der Waals surface area (Å²) >= 11 is 0. The van der Waals surface area contributed by atoms with Gasteiger partial charge in [0, 0.05) is 18.9 Å². The molecule has 12 heteroatoms. The van der Waals surface area contributed by atoms with E-state index in [1.807, 2.05) is 21.1 Å². The van der Waals surface area contributed by atoms with Crippen LogP contribution in [0.15, 0.2) is 12.7 Å². The standard InChI is InChI=1S/C43H82NO10P/c1-6-8-9-10-11-12-13-15-18-21-24-27-30-33-42(46)51-38-40(39-53-55(48,49)52-37-35-44(3,4)5)54-43(47)34-31-28-25-22-19-16-14-17-20-23-26-29-32-36-50-41(45)7-2/h7,40H,2,6,8-39H2,1,3-5H3/p+1/t40-/m1/s1. The van der Waals surface area contributed by atoms with Crippen LogP contribution < -0.4 is 0 Å². The van der Waals surface area contributed by atoms with Crippen molar-refractivity contribution >= 4 is 25.7 Å². The zero-order chi connectivity index (χ0) is 40.9. The van der Waals surface area contributed by atoms with Crippen molar-refractivity contribution in [2.45, 2.75) is 193 Å². The number of unbranched alkanes of at least 4 members (excludes halogenated alkanes) is 24. The summed E-state index contributed by atoms with van der Waals surface area (Å²) < 4.78 is 39.2. The third kappa shape index (κ3) is 40.2. The Morgan fingerprint density at radius 1 is 0.582 bits per heavy atom. The van der Waals surface area contributed by atoms with Crippen molar-refractivity contribution in [3.63, 3.8) is 0 Å². The van der Waals surface area contributed by atoms with Crippen LogP contribution in [0.1, 0.15) is 187 Å². The quantitative estimate of drug-likeness (QED) is 0.0159. The zero-order valence-electron chi connectivity index (χ0n) is 35.7. The summed E-state index contributed by atoms with van der Waals surface area (Å²) in [5, 5.41) is 0. The number of carbonyl (C=O) groups excluding carboxylic acids is 3. The van der Waals surface area contributed by atoms with E-state index in [9.17, 15) is 23.8 Å². The number of hydrogen-bond acceptors (Lipinski definition) is 9. The van der Waals surface area contributed by atoms with Gasteiger partial charge in [-0.1, -0.05) is 161 Å². The summed E-state index contributed by atoms with van der Waals surface area (Å²) in [4.78, 5) is 46.3. The highest BCUT2D eigenvalue weighted by atomic mass is 31.2. The number of ether oxygens (including phenoxy) is 3. The fraction of sp³-hybridized carbons (Fsp3) is 0.884. The second kappa shape index (κ2) is 36.6. The van der Waals surface area contributed by atoms with Gasteiger partial charge in [-0.15, -0.1) is 0 Å². The topological polar surface area (TPSA) is 135 Å². The van der Waals surface area contributed by atoms with E-state index in [0.29, 0.717) is 24.1 Å². The fourth-order valence-corrected chi connectivity index (χ4v) is 6.84. The lowest BCUT2D eigenvalue weighted by molar-refractivity contribution is -0.870. The second-order valence-electron chi connectivity index (χ2n) is 16.1. The van der Waals surface area contributed by atoms with E-state index in [2.05, 4.69) is 13.5 Å². The zero-order valence-corrected chi connectivity index (χ0v) is 36.6. The summed E-state index contributed by atoms with van der Waals surface area (Å²) in [6, 6.07) is 0. The highest BCUT2D eigenvalue weighted by Crippen LogP contribution is 2.43. The van der Waals surface area contributed by atoms with Crippen LogP contribution in [0.2, 0.25) is 0 Å². The minimum atomic E-state index is -4.38. The lowest BCUT2D eigenvalue weighted by Gasteiger charge is -2.24. The van der Waals surface area contributed by atoms with Crippen LogP contribution in [-0.2, 0) is 42.2 Å². The van der Waals surface area contributed by atoms with Gasteiger partial charge < -0.3 is 23.6 Å². The number of phosphoric ester groups is 1. The van der Waals surface area contributed by atoms with E-state index in [1.54, 1.807) is 0 Å². The molecule has 0 amide bonds. The molecular formula is C43H83NO10P+. The van der Waals surface area contributed by atoms with Gasteiger partial charge in [-0.05, 0) is 19.3 Å². The van der Waals surface area contributed by atoms with Crippen molar-refractivity contribution in [2.75, 3.05) is 54.1 Å². The number of nitrogens with zero attached hydrogens (tertiary/aromatic N) is 1. The first kappa shape index (κ1) is 53.2. The van der Waals surface area contributed by atoms with E-state index in [1.165, 1.54) is 115 Å². The predicted octanol–water partition coefficient (Wildman–Crippen LogP) is 11.0. The molecule has 11 nitrogen and oxygen atoms in total. The Bertz CT molecular complexity index is 1000. The first-order valence-corrected chi connectivity index (χ1v) is 23.4. The Labute approximate surface area is 336 Å². The average molecular weight is 805 g/mol. The molecule has 0 fully saturated rings. The van der Waals surface area contributed by atoms with Crippen LogP contribution in [0, 0.1) is 0 Å². The molecule has 0 saturated carbocycles. The van der Waals surface area contributed by atoms with Crippen molar-refractivity contribution in [3.05, 3.63) is 12.7 Å². The number of carbonyl (C=O) groups is 3. The fourth-order valence-electron chi connectivity index (χ4n) is 6.10. The van der Waals surface area contributed by atoms with E-state index in [4.69, 9.17) is 23.3 Å². The van der Waals surface area contributed by atoms with Crippen LogP contribution in [0.25, 0.3) is 0 Å². The molecule has 0 radical (unpaired) electrons. The maximum absolute atomic E-state index is 12.7. The van der Waals surface area contributed by atoms with Crippen LogP contribution in [0.4, 0.5) is 0 Å². The Kier molecular flexibility index (Phi) is 35.4. The van der Waals surface area contributed by atoms with Crippen molar-refractivity contribution in [2.24, 2.45) is 0 Å². The van der Waals surface area contributed by atoms with Gasteiger partial charge in [0.15, 0.2) is 6.10 Å². The van der Waals surface area contributed by atoms with Crippen LogP contribution in [-0.4, -0.2) is 87.5 Å². The summed E-state index contributed by atoms with van der Waals surface area (Å²) in [7, 11) is 1.44. The smallest absolute Gasteiger partial charge is 0.463 e. The van der Waals surface area contributed by atoms with Gasteiger partial charge >= 0.3 is 25.7 Å². The van der Waals surface area contributed by atoms with Gasteiger partial charge in [0.05, 0.1) is 34.4 Å². The Hall–Kier alpha value is -1.78. The molecule has 0 rings (SSSR count). The molecule has 0 aliphatic rings. The molecule has 1 unspecified atom stereocenters. The van der Waals surface area contributed by atoms with Gasteiger partial charge in [0.25, 0.3) is 0 Å². The maximum Gasteiger partial charge on any atom is 0.472 e. The number of esters is 3. The Morgan fingerprint density at radius 3 is 1.44 bits per heavy atom. The maximum atomic E-state index is 12.7. The largest absolute Gasteiger partial charge is 0.472 e. The molecule has 2 atom stereocenters. The number of quaternary nitrogens is 1. The molecule has 0 aliphatic heterocycles. The van der Waals surface area contributed by atoms with E-state index >= 15 is 0 Å². The highest BCUT2D eigenvalue weighted by molar-refractivity contribution is 7.47. The molecule has 0 saturated heterocycles. The van der Waals surface area contributed by atoms with Crippen LogP contribution in [0.5, 0.6) is 0 Å². The molecule has 0 spiro atoms. The van der Waals surface area contributed by atoms with E-state index < -0.39 is 26.5 Å². The lowest BCUT2D eigenvalue weighted by Crippen LogP contribution is -2.37. The minimum absolute atomic E-state index is 0.0229. The van der Waals surface area contributed by atoms with Gasteiger partial charge in [-0.3, -0.25) is 18.6 Å². The van der Waals surface area contributed by atoms with Gasteiger partial charge in [0.2, 0.25) is 0 Å². The SMILES string of the molecule is C=CC(=O)OCCCCCCCCCCCCCCCC(=O)O[C@H](COC(=O)CCCCCCCCCCCCCCC)COP(=O)(O)OCC[N+](C)(C)C. The first-order valence-electron chi connectivity index (χ1n) is 21.9. The molecular weight excluding hydrogens is 721 g/mol. The van der Waals surface area contributed by atoms with Gasteiger partial charge in [0.1, 0.15) is 19.8 Å². The normalized spacial score (nSPS) is 13.3. The summed E-state index contributed by atoms with van der Waals surface area (Å²) in [6.45, 7) is 5.98. The van der Waals surface area contributed by atoms with Crippen molar-refractivity contribution in [1.82, 2.24) is 0 Å². The Balaban J connectivity index is 4.29. The van der Waals surface area contributed by atoms with Crippen molar-refractivity contribution < 1.29 is 51.6 Å². The second-order valence-corrected chi connectivity index (χ2v) is 17.6. The van der Waals surface area contributed by atoms with Crippen molar-refractivity contribution in [3.8, 4) is 0 Å². The minimum Gasteiger partial charge on any atom is -0.463 e. The molecule has 0 aromatic rings. The third-order valence-electron chi connectivity index (χ3n) is 9.59. The molecule has 324 valence electrons. The lowest BCUT2D eigenvalue weighted by atomic mass is 10.0. The molecule has 0 aromatic heterocycles. The van der Waals surface area contributed by atoms with Gasteiger partial charge in [-0.2, -0.15) is 0 Å². The van der Waals surface area contributed by atoms with E-state index in [0.717, 1.165) is 51.4 Å². The van der Waals surface area contributed by atoms with Crippen LogP contribution >= 0.6 is 7.82 Å². The summed E-state index contributed by atoms with van der Waals surface area (Å²) in [6.07, 6.45) is 30.8. The Morgan fingerprint density at radius 2 is 1.00 bits per heavy atom. The predicted molar refractivity (Wildman–Crippen MR) is 222 cm³/mol. The molecule has 55 heavy (non-hydrogen) atoms. The summed E-state index contributed by atoms with van der Waals surface area (Å²) in [5.41, 5.74) is 0. The molecule has 0 heterocycles. The van der Waals surface area contributed by atoms with E-state index in [-0.39, 0.29) is 38.0 Å². The number of phosphoric acid groups is 1. The van der Waals surface area contributed by atoms with Gasteiger partial charge in [-0.25, -0.2) is 9.36 Å². The molecule has 0 aliphatic carbocycles. The number of hydrogen-bond donors (Lipinski definition) is 1. The third-order valence-corrected chi connectivity index (χ3v) is 10.6. The highest BCUT2D eigenvalue weighted by Gasteiger charge is 2.27. The average Bonchev–Trinajstić information content (AvgIpc) is 3.13. The molecule has 0 bridgehead atoms. The van der Waals surface area contributed by atoms with Crippen molar-refractivity contribution in [1.29, 1.82) is 0 Å². The molecule has 0 aromatic carbocycles. The first-order chi connectivity index (χ1) is 26.4. The monoisotopic (exact) mass is 805 g/mol. The molecule has 1 N–H and O–H groups in total. The number of likely N-dealkylation sites (N-methyl/N-ethyl adjacent to an activating group) is 1. The summed E-state index contributed by atoms with van der Waals surface area (Å²) in [5.74, 6) is -1.18.